The molecule has 0 aliphatic heterocycles. The molecule has 0 saturated heterocycles. The summed E-state index contributed by atoms with van der Waals surface area (Å²) < 4.78 is 0. The summed E-state index contributed by atoms with van der Waals surface area (Å²) in [7, 11) is 0. The molecule has 5 atom stereocenters. The standard InChI is InChI=1S/C20H32O/c1-17(2)7-4-8-18(3)15(17)6-10-20-12-11-19(13-20,14-21)9-5-16(18)20/h11-12,15-16,21H,4-10,13-14H2,1-3H3/t15-,16+,18-,19-,20-/m1/s1. The summed E-state index contributed by atoms with van der Waals surface area (Å²) in [6.45, 7) is 8.04. The normalized spacial score (nSPS) is 54.1. The molecule has 1 heteroatoms. The Balaban J connectivity index is 1.72. The van der Waals surface area contributed by atoms with Gasteiger partial charge in [-0.2, -0.15) is 0 Å². The Labute approximate surface area is 130 Å². The average Bonchev–Trinajstić information content (AvgIpc) is 2.70. The third-order valence-electron chi connectivity index (χ3n) is 8.36. The minimum atomic E-state index is 0.143. The second-order valence-corrected chi connectivity index (χ2v) is 9.79. The lowest BCUT2D eigenvalue weighted by Crippen LogP contribution is -2.56. The predicted octanol–water partition coefficient (Wildman–Crippen LogP) is 4.95. The molecule has 0 unspecified atom stereocenters. The average molecular weight is 288 g/mol. The Hall–Kier alpha value is -0.300. The molecule has 1 N–H and O–H groups in total. The summed E-state index contributed by atoms with van der Waals surface area (Å²) in [6.07, 6.45) is 15.8. The van der Waals surface area contributed by atoms with Crippen LogP contribution in [0.25, 0.3) is 0 Å². The van der Waals surface area contributed by atoms with Crippen LogP contribution in [0.15, 0.2) is 12.2 Å². The van der Waals surface area contributed by atoms with Gasteiger partial charge in [0, 0.05) is 5.41 Å². The van der Waals surface area contributed by atoms with E-state index in [2.05, 4.69) is 32.9 Å². The summed E-state index contributed by atoms with van der Waals surface area (Å²) in [4.78, 5) is 0. The maximum absolute atomic E-state index is 9.88. The molecule has 2 bridgehead atoms. The van der Waals surface area contributed by atoms with Crippen molar-refractivity contribution in [2.24, 2.45) is 33.5 Å². The first-order valence-electron chi connectivity index (χ1n) is 9.17. The molecule has 118 valence electrons. The van der Waals surface area contributed by atoms with Crippen LogP contribution in [-0.4, -0.2) is 11.7 Å². The molecule has 4 aliphatic rings. The first kappa shape index (κ1) is 14.3. The van der Waals surface area contributed by atoms with Crippen molar-refractivity contribution in [1.29, 1.82) is 0 Å². The second kappa shape index (κ2) is 4.16. The molecule has 0 amide bonds. The second-order valence-electron chi connectivity index (χ2n) is 9.79. The lowest BCUT2D eigenvalue weighted by atomic mass is 9.40. The molecule has 0 aromatic rings. The van der Waals surface area contributed by atoms with Crippen LogP contribution in [-0.2, 0) is 0 Å². The van der Waals surface area contributed by atoms with Gasteiger partial charge in [0.15, 0.2) is 0 Å². The van der Waals surface area contributed by atoms with Gasteiger partial charge in [-0.15, -0.1) is 0 Å². The largest absolute Gasteiger partial charge is 0.395 e. The van der Waals surface area contributed by atoms with Gasteiger partial charge in [-0.1, -0.05) is 39.3 Å². The first-order chi connectivity index (χ1) is 9.86. The van der Waals surface area contributed by atoms with E-state index in [1.807, 2.05) is 0 Å². The van der Waals surface area contributed by atoms with Gasteiger partial charge in [0.05, 0.1) is 6.61 Å². The van der Waals surface area contributed by atoms with Crippen LogP contribution in [0, 0.1) is 33.5 Å². The van der Waals surface area contributed by atoms with Gasteiger partial charge in [-0.25, -0.2) is 0 Å². The van der Waals surface area contributed by atoms with Crippen molar-refractivity contribution >= 4 is 0 Å². The molecule has 0 aromatic heterocycles. The van der Waals surface area contributed by atoms with E-state index in [1.54, 1.807) is 0 Å². The van der Waals surface area contributed by atoms with Crippen molar-refractivity contribution in [3.8, 4) is 0 Å². The fourth-order valence-electron chi connectivity index (χ4n) is 7.48. The summed E-state index contributed by atoms with van der Waals surface area (Å²) in [5.74, 6) is 1.77. The number of rotatable bonds is 1. The lowest BCUT2D eigenvalue weighted by molar-refractivity contribution is -0.144. The molecular formula is C20H32O. The highest BCUT2D eigenvalue weighted by Gasteiger charge is 2.63. The van der Waals surface area contributed by atoms with Gasteiger partial charge in [-0.3, -0.25) is 0 Å². The van der Waals surface area contributed by atoms with Crippen molar-refractivity contribution in [2.45, 2.75) is 72.1 Å². The molecule has 0 radical (unpaired) electrons. The van der Waals surface area contributed by atoms with Gasteiger partial charge in [0.1, 0.15) is 0 Å². The number of aliphatic hydroxyl groups is 1. The summed E-state index contributed by atoms with van der Waals surface area (Å²) in [6, 6.07) is 0. The highest BCUT2D eigenvalue weighted by atomic mass is 16.3. The highest BCUT2D eigenvalue weighted by Crippen LogP contribution is 2.71. The third kappa shape index (κ3) is 1.73. The number of hydrogen-bond donors (Lipinski definition) is 1. The van der Waals surface area contributed by atoms with E-state index in [0.717, 1.165) is 11.8 Å². The molecule has 1 spiro atoms. The summed E-state index contributed by atoms with van der Waals surface area (Å²) >= 11 is 0. The topological polar surface area (TPSA) is 20.2 Å². The van der Waals surface area contributed by atoms with Crippen LogP contribution < -0.4 is 0 Å². The maximum Gasteiger partial charge on any atom is 0.0522 e. The zero-order valence-electron chi connectivity index (χ0n) is 14.1. The SMILES string of the molecule is CC1(C)CCC[C@]2(C)[C@@H]1CC[C@]13C=C[C@](CO)(CC[C@H]12)C3. The Morgan fingerprint density at radius 3 is 2.48 bits per heavy atom. The highest BCUT2D eigenvalue weighted by molar-refractivity contribution is 5.25. The van der Waals surface area contributed by atoms with Crippen molar-refractivity contribution in [3.05, 3.63) is 12.2 Å². The fourth-order valence-corrected chi connectivity index (χ4v) is 7.48. The third-order valence-corrected chi connectivity index (χ3v) is 8.36. The van der Waals surface area contributed by atoms with Gasteiger partial charge >= 0.3 is 0 Å². The van der Waals surface area contributed by atoms with Crippen LogP contribution in [0.3, 0.4) is 0 Å². The van der Waals surface area contributed by atoms with Gasteiger partial charge in [0.25, 0.3) is 0 Å². The van der Waals surface area contributed by atoms with Crippen LogP contribution in [0.2, 0.25) is 0 Å². The Kier molecular flexibility index (Phi) is 2.83. The van der Waals surface area contributed by atoms with E-state index in [9.17, 15) is 5.11 Å². The Morgan fingerprint density at radius 1 is 0.952 bits per heavy atom. The minimum Gasteiger partial charge on any atom is -0.395 e. The number of fused-ring (bicyclic) bond motifs is 3. The molecule has 0 heterocycles. The monoisotopic (exact) mass is 288 g/mol. The molecule has 0 aromatic carbocycles. The van der Waals surface area contributed by atoms with Crippen LogP contribution in [0.5, 0.6) is 0 Å². The van der Waals surface area contributed by atoms with E-state index in [-0.39, 0.29) is 5.41 Å². The van der Waals surface area contributed by atoms with E-state index in [1.165, 1.54) is 51.4 Å². The van der Waals surface area contributed by atoms with E-state index in [4.69, 9.17) is 0 Å². The maximum atomic E-state index is 9.88. The minimum absolute atomic E-state index is 0.143. The van der Waals surface area contributed by atoms with E-state index >= 15 is 0 Å². The molecular weight excluding hydrogens is 256 g/mol. The smallest absolute Gasteiger partial charge is 0.0522 e. The number of allylic oxidation sites excluding steroid dienone is 1. The molecule has 3 fully saturated rings. The van der Waals surface area contributed by atoms with Gasteiger partial charge in [-0.05, 0) is 73.0 Å². The summed E-state index contributed by atoms with van der Waals surface area (Å²) in [5, 5.41) is 9.88. The zero-order chi connectivity index (χ0) is 14.9. The molecule has 4 aliphatic carbocycles. The molecule has 3 saturated carbocycles. The van der Waals surface area contributed by atoms with Crippen LogP contribution >= 0.6 is 0 Å². The van der Waals surface area contributed by atoms with Gasteiger partial charge in [0.2, 0.25) is 0 Å². The number of hydrogen-bond acceptors (Lipinski definition) is 1. The zero-order valence-corrected chi connectivity index (χ0v) is 14.1. The van der Waals surface area contributed by atoms with Crippen molar-refractivity contribution in [3.63, 3.8) is 0 Å². The van der Waals surface area contributed by atoms with Crippen LogP contribution in [0.4, 0.5) is 0 Å². The molecule has 21 heavy (non-hydrogen) atoms. The molecule has 1 nitrogen and oxygen atoms in total. The van der Waals surface area contributed by atoms with E-state index in [0.29, 0.717) is 22.9 Å². The fraction of sp³-hybridized carbons (Fsp3) is 0.900. The summed E-state index contributed by atoms with van der Waals surface area (Å²) in [5.41, 5.74) is 1.64. The van der Waals surface area contributed by atoms with Gasteiger partial charge < -0.3 is 5.11 Å². The van der Waals surface area contributed by atoms with Crippen molar-refractivity contribution in [1.82, 2.24) is 0 Å². The van der Waals surface area contributed by atoms with Crippen molar-refractivity contribution in [2.75, 3.05) is 6.61 Å². The van der Waals surface area contributed by atoms with Crippen LogP contribution in [0.1, 0.15) is 72.1 Å². The quantitative estimate of drug-likeness (QED) is 0.677. The predicted molar refractivity (Wildman–Crippen MR) is 86.9 cm³/mol. The lowest BCUT2D eigenvalue weighted by Gasteiger charge is -2.64. The Bertz CT molecular complexity index is 478. The van der Waals surface area contributed by atoms with E-state index < -0.39 is 0 Å². The first-order valence-corrected chi connectivity index (χ1v) is 9.17. The number of aliphatic hydroxyl groups excluding tert-OH is 1. The van der Waals surface area contributed by atoms with Crippen molar-refractivity contribution < 1.29 is 5.11 Å². The molecule has 4 rings (SSSR count). The Morgan fingerprint density at radius 2 is 1.71 bits per heavy atom.